The minimum absolute atomic E-state index is 0.186. The van der Waals surface area contributed by atoms with Crippen molar-refractivity contribution in [2.24, 2.45) is 5.90 Å². The summed E-state index contributed by atoms with van der Waals surface area (Å²) in [7, 11) is 1.57. The van der Waals surface area contributed by atoms with Gasteiger partial charge in [0.25, 0.3) is 0 Å². The normalized spacial score (nSPS) is 10.1. The molecule has 84 valence electrons. The van der Waals surface area contributed by atoms with Crippen molar-refractivity contribution in [3.8, 4) is 11.5 Å². The van der Waals surface area contributed by atoms with Crippen molar-refractivity contribution in [2.45, 2.75) is 13.5 Å². The number of halogens is 1. The number of nitrogens with two attached hydrogens (primary N) is 1. The molecular weight excluding hydrogens is 218 g/mol. The van der Waals surface area contributed by atoms with Crippen LogP contribution in [0.3, 0.4) is 0 Å². The minimum atomic E-state index is 0.186. The van der Waals surface area contributed by atoms with Gasteiger partial charge in [-0.25, -0.2) is 5.90 Å². The molecule has 0 unspecified atom stereocenters. The van der Waals surface area contributed by atoms with Gasteiger partial charge in [-0.05, 0) is 19.1 Å². The Bertz CT molecular complexity index is 331. The Hall–Kier alpha value is -0.970. The van der Waals surface area contributed by atoms with Crippen molar-refractivity contribution in [1.29, 1.82) is 0 Å². The van der Waals surface area contributed by atoms with Crippen LogP contribution < -0.4 is 15.4 Å². The molecule has 0 aliphatic heterocycles. The molecule has 1 aromatic rings. The van der Waals surface area contributed by atoms with E-state index in [1.54, 1.807) is 19.2 Å². The summed E-state index contributed by atoms with van der Waals surface area (Å²) in [5.41, 5.74) is 0.695. The predicted molar refractivity (Wildman–Crippen MR) is 58.1 cm³/mol. The van der Waals surface area contributed by atoms with Gasteiger partial charge in [-0.1, -0.05) is 11.6 Å². The fourth-order valence-electron chi connectivity index (χ4n) is 1.26. The molecule has 0 atom stereocenters. The van der Waals surface area contributed by atoms with Crippen LogP contribution in [0.25, 0.3) is 0 Å². The summed E-state index contributed by atoms with van der Waals surface area (Å²) >= 11 is 6.00. The molecule has 0 aliphatic rings. The van der Waals surface area contributed by atoms with E-state index in [1.165, 1.54) is 0 Å². The number of hydrogen-bond acceptors (Lipinski definition) is 4. The van der Waals surface area contributed by atoms with E-state index >= 15 is 0 Å². The zero-order valence-electron chi connectivity index (χ0n) is 8.75. The first-order valence-electron chi connectivity index (χ1n) is 4.54. The van der Waals surface area contributed by atoms with Crippen LogP contribution >= 0.6 is 11.6 Å². The number of ether oxygens (including phenoxy) is 2. The van der Waals surface area contributed by atoms with Gasteiger partial charge in [0.15, 0.2) is 11.5 Å². The first-order valence-corrected chi connectivity index (χ1v) is 4.92. The molecule has 2 N–H and O–H groups in total. The topological polar surface area (TPSA) is 53.7 Å². The third-order valence-electron chi connectivity index (χ3n) is 1.90. The Morgan fingerprint density at radius 3 is 2.67 bits per heavy atom. The zero-order chi connectivity index (χ0) is 11.3. The third-order valence-corrected chi connectivity index (χ3v) is 2.26. The van der Waals surface area contributed by atoms with Crippen LogP contribution in [-0.2, 0) is 11.4 Å². The van der Waals surface area contributed by atoms with E-state index in [4.69, 9.17) is 27.0 Å². The Morgan fingerprint density at radius 1 is 1.40 bits per heavy atom. The van der Waals surface area contributed by atoms with E-state index < -0.39 is 0 Å². The van der Waals surface area contributed by atoms with Crippen LogP contribution in [0.5, 0.6) is 11.5 Å². The average Bonchev–Trinajstić information content (AvgIpc) is 2.24. The van der Waals surface area contributed by atoms with Crippen LogP contribution in [0, 0.1) is 0 Å². The fourth-order valence-corrected chi connectivity index (χ4v) is 1.47. The third kappa shape index (κ3) is 2.75. The first-order chi connectivity index (χ1) is 7.24. The lowest BCUT2D eigenvalue weighted by molar-refractivity contribution is 0.121. The second kappa shape index (κ2) is 5.80. The van der Waals surface area contributed by atoms with E-state index in [0.717, 1.165) is 0 Å². The number of rotatable bonds is 5. The quantitative estimate of drug-likeness (QED) is 0.789. The standard InChI is InChI=1S/C10H14ClNO3/c1-3-14-10-7(6-15-12)8(11)4-5-9(10)13-2/h4-5H,3,6,12H2,1-2H3. The molecule has 4 nitrogen and oxygen atoms in total. The van der Waals surface area contributed by atoms with Gasteiger partial charge >= 0.3 is 0 Å². The SMILES string of the molecule is CCOc1c(OC)ccc(Cl)c1CON. The Kier molecular flexibility index (Phi) is 4.68. The van der Waals surface area contributed by atoms with Gasteiger partial charge in [0.1, 0.15) is 0 Å². The predicted octanol–water partition coefficient (Wildman–Crippen LogP) is 2.14. The van der Waals surface area contributed by atoms with Gasteiger partial charge < -0.3 is 9.47 Å². The molecule has 1 aromatic carbocycles. The van der Waals surface area contributed by atoms with E-state index in [2.05, 4.69) is 4.84 Å². The van der Waals surface area contributed by atoms with E-state index in [-0.39, 0.29) is 6.61 Å². The highest BCUT2D eigenvalue weighted by Crippen LogP contribution is 2.36. The van der Waals surface area contributed by atoms with E-state index in [1.807, 2.05) is 6.92 Å². The summed E-state index contributed by atoms with van der Waals surface area (Å²) in [5.74, 6) is 6.23. The maximum atomic E-state index is 6.00. The van der Waals surface area contributed by atoms with Crippen LogP contribution in [0.4, 0.5) is 0 Å². The van der Waals surface area contributed by atoms with Gasteiger partial charge in [-0.15, -0.1) is 0 Å². The van der Waals surface area contributed by atoms with Crippen LogP contribution in [0.2, 0.25) is 5.02 Å². The summed E-state index contributed by atoms with van der Waals surface area (Å²) in [4.78, 5) is 4.58. The second-order valence-corrected chi connectivity index (χ2v) is 3.21. The van der Waals surface area contributed by atoms with E-state index in [9.17, 15) is 0 Å². The molecular formula is C10H14ClNO3. The molecule has 0 spiro atoms. The van der Waals surface area contributed by atoms with Crippen LogP contribution in [0.1, 0.15) is 12.5 Å². The molecule has 5 heteroatoms. The molecule has 0 aliphatic carbocycles. The summed E-state index contributed by atoms with van der Waals surface area (Å²) < 4.78 is 10.6. The number of hydrogen-bond donors (Lipinski definition) is 1. The van der Waals surface area contributed by atoms with E-state index in [0.29, 0.717) is 28.7 Å². The van der Waals surface area contributed by atoms with Gasteiger partial charge in [0, 0.05) is 5.56 Å². The van der Waals surface area contributed by atoms with Crippen LogP contribution in [0.15, 0.2) is 12.1 Å². The van der Waals surface area contributed by atoms with Crippen molar-refractivity contribution in [1.82, 2.24) is 0 Å². The lowest BCUT2D eigenvalue weighted by Gasteiger charge is -2.14. The van der Waals surface area contributed by atoms with Crippen LogP contribution in [-0.4, -0.2) is 13.7 Å². The summed E-state index contributed by atoms with van der Waals surface area (Å²) in [5, 5.41) is 0.546. The monoisotopic (exact) mass is 231 g/mol. The highest BCUT2D eigenvalue weighted by molar-refractivity contribution is 6.31. The molecule has 15 heavy (non-hydrogen) atoms. The number of benzene rings is 1. The lowest BCUT2D eigenvalue weighted by atomic mass is 10.2. The minimum Gasteiger partial charge on any atom is -0.493 e. The molecule has 0 fully saturated rings. The zero-order valence-corrected chi connectivity index (χ0v) is 9.50. The molecule has 0 amide bonds. The lowest BCUT2D eigenvalue weighted by Crippen LogP contribution is -2.05. The Labute approximate surface area is 93.8 Å². The van der Waals surface area contributed by atoms with Crippen molar-refractivity contribution < 1.29 is 14.3 Å². The molecule has 1 rings (SSSR count). The summed E-state index contributed by atoms with van der Waals surface area (Å²) in [6, 6.07) is 3.46. The highest BCUT2D eigenvalue weighted by Gasteiger charge is 2.14. The van der Waals surface area contributed by atoms with Crippen molar-refractivity contribution in [3.63, 3.8) is 0 Å². The largest absolute Gasteiger partial charge is 0.493 e. The number of methoxy groups -OCH3 is 1. The molecule has 0 saturated heterocycles. The van der Waals surface area contributed by atoms with Gasteiger partial charge in [-0.2, -0.15) is 0 Å². The molecule has 0 radical (unpaired) electrons. The van der Waals surface area contributed by atoms with Gasteiger partial charge in [0.2, 0.25) is 0 Å². The maximum Gasteiger partial charge on any atom is 0.168 e. The first kappa shape index (κ1) is 12.1. The summed E-state index contributed by atoms with van der Waals surface area (Å²) in [6.45, 7) is 2.59. The average molecular weight is 232 g/mol. The smallest absolute Gasteiger partial charge is 0.168 e. The van der Waals surface area contributed by atoms with Gasteiger partial charge in [-0.3, -0.25) is 4.84 Å². The molecule has 0 bridgehead atoms. The Balaban J connectivity index is 3.17. The molecule has 0 aromatic heterocycles. The highest BCUT2D eigenvalue weighted by atomic mass is 35.5. The second-order valence-electron chi connectivity index (χ2n) is 2.80. The maximum absolute atomic E-state index is 6.00. The van der Waals surface area contributed by atoms with Crippen molar-refractivity contribution >= 4 is 11.6 Å². The Morgan fingerprint density at radius 2 is 2.13 bits per heavy atom. The fraction of sp³-hybridized carbons (Fsp3) is 0.400. The van der Waals surface area contributed by atoms with Crippen molar-refractivity contribution in [2.75, 3.05) is 13.7 Å². The summed E-state index contributed by atoms with van der Waals surface area (Å²) in [6.07, 6.45) is 0. The molecule has 0 saturated carbocycles. The van der Waals surface area contributed by atoms with Crippen molar-refractivity contribution in [3.05, 3.63) is 22.7 Å². The molecule has 0 heterocycles. The van der Waals surface area contributed by atoms with Gasteiger partial charge in [0.05, 0.1) is 25.3 Å².